The molecule has 0 saturated heterocycles. The van der Waals surface area contributed by atoms with Crippen molar-refractivity contribution >= 4 is 11.9 Å². The van der Waals surface area contributed by atoms with E-state index in [0.29, 0.717) is 5.92 Å². The quantitative estimate of drug-likeness (QED) is 0.868. The topological polar surface area (TPSA) is 55.4 Å². The van der Waals surface area contributed by atoms with Gasteiger partial charge in [-0.15, -0.1) is 0 Å². The molecule has 0 bridgehead atoms. The number of amides is 1. The van der Waals surface area contributed by atoms with Crippen LogP contribution in [0.4, 0.5) is 4.39 Å². The van der Waals surface area contributed by atoms with Crippen molar-refractivity contribution in [3.63, 3.8) is 0 Å². The van der Waals surface area contributed by atoms with Crippen molar-refractivity contribution in [1.82, 2.24) is 5.32 Å². The summed E-state index contributed by atoms with van der Waals surface area (Å²) in [5.74, 6) is -0.878. The van der Waals surface area contributed by atoms with Gasteiger partial charge in [-0.3, -0.25) is 4.79 Å². The fraction of sp³-hybridized carbons (Fsp3) is 0.500. The molecule has 5 heteroatoms. The second-order valence-electron chi connectivity index (χ2n) is 5.52. The van der Waals surface area contributed by atoms with Gasteiger partial charge in [0, 0.05) is 6.04 Å². The highest BCUT2D eigenvalue weighted by Gasteiger charge is 2.23. The average molecular weight is 293 g/mol. The van der Waals surface area contributed by atoms with Crippen LogP contribution < -0.4 is 5.32 Å². The minimum Gasteiger partial charge on any atom is -0.452 e. The van der Waals surface area contributed by atoms with E-state index in [-0.39, 0.29) is 24.1 Å². The van der Waals surface area contributed by atoms with E-state index in [1.807, 2.05) is 0 Å². The Labute approximate surface area is 123 Å². The van der Waals surface area contributed by atoms with E-state index < -0.39 is 11.8 Å². The number of benzene rings is 1. The maximum Gasteiger partial charge on any atom is 0.338 e. The van der Waals surface area contributed by atoms with Crippen molar-refractivity contribution < 1.29 is 18.7 Å². The summed E-state index contributed by atoms with van der Waals surface area (Å²) >= 11 is 0. The Balaban J connectivity index is 1.78. The van der Waals surface area contributed by atoms with E-state index in [0.717, 1.165) is 19.3 Å². The minimum atomic E-state index is -0.623. The summed E-state index contributed by atoms with van der Waals surface area (Å²) in [6.07, 6.45) is 4.40. The van der Waals surface area contributed by atoms with Crippen molar-refractivity contribution in [3.05, 3.63) is 35.6 Å². The lowest BCUT2D eigenvalue weighted by Crippen LogP contribution is -2.42. The molecule has 2 atom stereocenters. The van der Waals surface area contributed by atoms with Crippen LogP contribution in [0.1, 0.15) is 43.0 Å². The lowest BCUT2D eigenvalue weighted by atomic mass is 9.86. The number of halogens is 1. The second kappa shape index (κ2) is 7.20. The van der Waals surface area contributed by atoms with Gasteiger partial charge >= 0.3 is 5.97 Å². The van der Waals surface area contributed by atoms with Crippen LogP contribution in [0.25, 0.3) is 0 Å². The molecule has 0 unspecified atom stereocenters. The molecule has 1 N–H and O–H groups in total. The highest BCUT2D eigenvalue weighted by molar-refractivity contribution is 5.91. The first kappa shape index (κ1) is 15.5. The third-order valence-electron chi connectivity index (χ3n) is 3.87. The molecule has 0 aromatic heterocycles. The van der Waals surface area contributed by atoms with Crippen LogP contribution in [0.5, 0.6) is 0 Å². The first-order valence-corrected chi connectivity index (χ1v) is 7.28. The van der Waals surface area contributed by atoms with Gasteiger partial charge in [-0.1, -0.05) is 19.8 Å². The monoisotopic (exact) mass is 293 g/mol. The van der Waals surface area contributed by atoms with Gasteiger partial charge in [-0.05, 0) is 43.0 Å². The van der Waals surface area contributed by atoms with Gasteiger partial charge in [0.1, 0.15) is 5.82 Å². The third-order valence-corrected chi connectivity index (χ3v) is 3.87. The fourth-order valence-corrected chi connectivity index (χ4v) is 2.58. The molecule has 0 heterocycles. The van der Waals surface area contributed by atoms with Crippen molar-refractivity contribution in [3.8, 4) is 0 Å². The SMILES string of the molecule is C[C@H]1CCCC[C@@H]1NC(=O)COC(=O)c1ccc(F)cc1. The maximum absolute atomic E-state index is 12.7. The van der Waals surface area contributed by atoms with Gasteiger partial charge in [0.25, 0.3) is 5.91 Å². The number of ether oxygens (including phenoxy) is 1. The predicted molar refractivity (Wildman–Crippen MR) is 76.2 cm³/mol. The second-order valence-corrected chi connectivity index (χ2v) is 5.52. The van der Waals surface area contributed by atoms with E-state index in [1.165, 1.54) is 30.7 Å². The molecular formula is C16H20FNO3. The van der Waals surface area contributed by atoms with Crippen LogP contribution in [0, 0.1) is 11.7 Å². The molecule has 1 aliphatic carbocycles. The Hall–Kier alpha value is -1.91. The number of carbonyl (C=O) groups is 2. The lowest BCUT2D eigenvalue weighted by molar-refractivity contribution is -0.125. The van der Waals surface area contributed by atoms with E-state index in [1.54, 1.807) is 0 Å². The smallest absolute Gasteiger partial charge is 0.338 e. The van der Waals surface area contributed by atoms with Gasteiger partial charge in [-0.25, -0.2) is 9.18 Å². The molecule has 4 nitrogen and oxygen atoms in total. The average Bonchev–Trinajstić information content (AvgIpc) is 2.48. The summed E-state index contributed by atoms with van der Waals surface area (Å²) in [5, 5.41) is 2.91. The maximum atomic E-state index is 12.7. The van der Waals surface area contributed by atoms with E-state index in [4.69, 9.17) is 4.74 Å². The Kier molecular flexibility index (Phi) is 5.31. The van der Waals surface area contributed by atoms with Gasteiger partial charge in [-0.2, -0.15) is 0 Å². The van der Waals surface area contributed by atoms with Crippen LogP contribution >= 0.6 is 0 Å². The standard InChI is InChI=1S/C16H20FNO3/c1-11-4-2-3-5-14(11)18-15(19)10-21-16(20)12-6-8-13(17)9-7-12/h6-9,11,14H,2-5,10H2,1H3,(H,18,19)/t11-,14-/m0/s1. The lowest BCUT2D eigenvalue weighted by Gasteiger charge is -2.29. The molecule has 114 valence electrons. The molecule has 1 aromatic rings. The first-order valence-electron chi connectivity index (χ1n) is 7.28. The Morgan fingerprint density at radius 1 is 1.24 bits per heavy atom. The molecular weight excluding hydrogens is 273 g/mol. The Morgan fingerprint density at radius 3 is 2.57 bits per heavy atom. The summed E-state index contributed by atoms with van der Waals surface area (Å²) in [6, 6.07) is 5.19. The van der Waals surface area contributed by atoms with Gasteiger partial charge in [0.15, 0.2) is 6.61 Å². The molecule has 0 spiro atoms. The van der Waals surface area contributed by atoms with Crippen LogP contribution in [-0.4, -0.2) is 24.5 Å². The number of carbonyl (C=O) groups excluding carboxylic acids is 2. The van der Waals surface area contributed by atoms with Crippen LogP contribution in [-0.2, 0) is 9.53 Å². The molecule has 0 aliphatic heterocycles. The van der Waals surface area contributed by atoms with Crippen molar-refractivity contribution in [1.29, 1.82) is 0 Å². The highest BCUT2D eigenvalue weighted by Crippen LogP contribution is 2.23. The number of nitrogens with one attached hydrogen (secondary N) is 1. The number of esters is 1. The van der Waals surface area contributed by atoms with Gasteiger partial charge < -0.3 is 10.1 Å². The minimum absolute atomic E-state index is 0.163. The summed E-state index contributed by atoms with van der Waals surface area (Å²) in [5.41, 5.74) is 0.232. The van der Waals surface area contributed by atoms with Crippen molar-refractivity contribution in [2.24, 2.45) is 5.92 Å². The largest absolute Gasteiger partial charge is 0.452 e. The Morgan fingerprint density at radius 2 is 1.90 bits per heavy atom. The molecule has 0 radical (unpaired) electrons. The third kappa shape index (κ3) is 4.55. The van der Waals surface area contributed by atoms with Crippen LogP contribution in [0.2, 0.25) is 0 Å². The number of hydrogen-bond donors (Lipinski definition) is 1. The Bertz CT molecular complexity index is 501. The van der Waals surface area contributed by atoms with E-state index in [2.05, 4.69) is 12.2 Å². The predicted octanol–water partition coefficient (Wildman–Crippen LogP) is 2.68. The number of rotatable bonds is 4. The zero-order chi connectivity index (χ0) is 15.2. The summed E-state index contributed by atoms with van der Waals surface area (Å²) in [6.45, 7) is 1.81. The first-order chi connectivity index (χ1) is 10.1. The fourth-order valence-electron chi connectivity index (χ4n) is 2.58. The molecule has 1 aromatic carbocycles. The van der Waals surface area contributed by atoms with Gasteiger partial charge in [0.05, 0.1) is 5.56 Å². The van der Waals surface area contributed by atoms with Crippen LogP contribution in [0.3, 0.4) is 0 Å². The van der Waals surface area contributed by atoms with E-state index in [9.17, 15) is 14.0 Å². The normalized spacial score (nSPS) is 21.6. The van der Waals surface area contributed by atoms with Gasteiger partial charge in [0.2, 0.25) is 0 Å². The molecule has 1 fully saturated rings. The highest BCUT2D eigenvalue weighted by atomic mass is 19.1. The van der Waals surface area contributed by atoms with Crippen LogP contribution in [0.15, 0.2) is 24.3 Å². The summed E-state index contributed by atoms with van der Waals surface area (Å²) in [7, 11) is 0. The molecule has 21 heavy (non-hydrogen) atoms. The molecule has 1 aliphatic rings. The zero-order valence-corrected chi connectivity index (χ0v) is 12.1. The molecule has 1 saturated carbocycles. The number of hydrogen-bond acceptors (Lipinski definition) is 3. The zero-order valence-electron chi connectivity index (χ0n) is 12.1. The molecule has 1 amide bonds. The molecule has 2 rings (SSSR count). The van der Waals surface area contributed by atoms with Crippen molar-refractivity contribution in [2.45, 2.75) is 38.6 Å². The summed E-state index contributed by atoms with van der Waals surface area (Å²) in [4.78, 5) is 23.5. The van der Waals surface area contributed by atoms with Crippen molar-refractivity contribution in [2.75, 3.05) is 6.61 Å². The summed E-state index contributed by atoms with van der Waals surface area (Å²) < 4.78 is 17.7. The van der Waals surface area contributed by atoms with E-state index >= 15 is 0 Å².